The Balaban J connectivity index is 1.83. The number of hydrogen-bond acceptors (Lipinski definition) is 4. The number of hydrogen-bond donors (Lipinski definition) is 0. The van der Waals surface area contributed by atoms with E-state index in [4.69, 9.17) is 9.47 Å². The summed E-state index contributed by atoms with van der Waals surface area (Å²) in [6.45, 7) is 4.72. The standard InChI is InChI=1S/C23H22FN3O2/c1-4-19-22-18-13-21(29-3)20(28-2)12-16(18)6-5-11-27(22)23(26-19)25-14-15-7-9-17(24)10-8-15/h4,7-10,12-14H,1,5-6,11H2,2-3H3. The number of aryl methyl sites for hydroxylation is 1. The summed E-state index contributed by atoms with van der Waals surface area (Å²) in [5.41, 5.74) is 4.78. The van der Waals surface area contributed by atoms with Gasteiger partial charge in [-0.3, -0.25) is 0 Å². The van der Waals surface area contributed by atoms with Crippen molar-refractivity contribution in [1.82, 2.24) is 9.55 Å². The highest BCUT2D eigenvalue weighted by molar-refractivity contribution is 5.82. The maximum atomic E-state index is 13.1. The van der Waals surface area contributed by atoms with E-state index in [-0.39, 0.29) is 5.82 Å². The molecule has 0 N–H and O–H groups in total. The predicted molar refractivity (Wildman–Crippen MR) is 113 cm³/mol. The summed E-state index contributed by atoms with van der Waals surface area (Å²) in [6.07, 6.45) is 5.30. The highest BCUT2D eigenvalue weighted by Gasteiger charge is 2.23. The number of halogens is 1. The van der Waals surface area contributed by atoms with Gasteiger partial charge in [0, 0.05) is 18.3 Å². The quantitative estimate of drug-likeness (QED) is 0.572. The van der Waals surface area contributed by atoms with Crippen LogP contribution in [0.2, 0.25) is 0 Å². The van der Waals surface area contributed by atoms with Crippen molar-refractivity contribution in [1.29, 1.82) is 0 Å². The zero-order valence-corrected chi connectivity index (χ0v) is 16.5. The van der Waals surface area contributed by atoms with Crippen molar-refractivity contribution in [3.63, 3.8) is 0 Å². The number of nitrogens with zero attached hydrogens (tertiary/aromatic N) is 3. The molecule has 1 aliphatic heterocycles. The molecule has 2 aromatic carbocycles. The lowest BCUT2D eigenvalue weighted by atomic mass is 9.99. The molecule has 5 nitrogen and oxygen atoms in total. The second-order valence-corrected chi connectivity index (χ2v) is 6.78. The van der Waals surface area contributed by atoms with E-state index in [0.29, 0.717) is 17.4 Å². The molecule has 29 heavy (non-hydrogen) atoms. The largest absolute Gasteiger partial charge is 0.493 e. The van der Waals surface area contributed by atoms with E-state index in [1.54, 1.807) is 38.6 Å². The van der Waals surface area contributed by atoms with Crippen molar-refractivity contribution in [3.8, 4) is 22.8 Å². The molecule has 0 radical (unpaired) electrons. The normalized spacial score (nSPS) is 12.9. The molecule has 0 bridgehead atoms. The lowest BCUT2D eigenvalue weighted by Gasteiger charge is -2.14. The summed E-state index contributed by atoms with van der Waals surface area (Å²) in [5, 5.41) is 0. The molecule has 148 valence electrons. The maximum Gasteiger partial charge on any atom is 0.230 e. The third kappa shape index (κ3) is 3.53. The Morgan fingerprint density at radius 2 is 1.86 bits per heavy atom. The third-order valence-electron chi connectivity index (χ3n) is 5.06. The molecule has 0 saturated heterocycles. The van der Waals surface area contributed by atoms with Crippen LogP contribution in [0.25, 0.3) is 17.3 Å². The molecular formula is C23H22FN3O2. The fourth-order valence-electron chi connectivity index (χ4n) is 3.65. The van der Waals surface area contributed by atoms with Gasteiger partial charge < -0.3 is 14.0 Å². The zero-order valence-electron chi connectivity index (χ0n) is 16.5. The Hall–Kier alpha value is -3.41. The van der Waals surface area contributed by atoms with Gasteiger partial charge in [0.2, 0.25) is 5.95 Å². The van der Waals surface area contributed by atoms with E-state index in [9.17, 15) is 4.39 Å². The smallest absolute Gasteiger partial charge is 0.230 e. The fourth-order valence-corrected chi connectivity index (χ4v) is 3.65. The second-order valence-electron chi connectivity index (χ2n) is 6.78. The van der Waals surface area contributed by atoms with Crippen molar-refractivity contribution < 1.29 is 13.9 Å². The summed E-state index contributed by atoms with van der Waals surface area (Å²) >= 11 is 0. The van der Waals surface area contributed by atoms with Crippen LogP contribution in [0, 0.1) is 5.82 Å². The van der Waals surface area contributed by atoms with Crippen molar-refractivity contribution in [2.24, 2.45) is 4.99 Å². The van der Waals surface area contributed by atoms with E-state index in [0.717, 1.165) is 41.9 Å². The van der Waals surface area contributed by atoms with E-state index >= 15 is 0 Å². The number of rotatable bonds is 5. The van der Waals surface area contributed by atoms with Crippen LogP contribution in [0.5, 0.6) is 11.5 Å². The molecule has 0 fully saturated rings. The van der Waals surface area contributed by atoms with Gasteiger partial charge >= 0.3 is 0 Å². The van der Waals surface area contributed by atoms with E-state index in [1.807, 2.05) is 12.1 Å². The van der Waals surface area contributed by atoms with E-state index in [1.165, 1.54) is 17.7 Å². The summed E-state index contributed by atoms with van der Waals surface area (Å²) < 4.78 is 26.2. The Morgan fingerprint density at radius 1 is 1.14 bits per heavy atom. The Labute approximate surface area is 169 Å². The molecule has 0 unspecified atom stereocenters. The lowest BCUT2D eigenvalue weighted by Crippen LogP contribution is -1.99. The molecule has 1 aliphatic rings. The minimum Gasteiger partial charge on any atom is -0.493 e. The summed E-state index contributed by atoms with van der Waals surface area (Å²) in [7, 11) is 3.27. The number of ether oxygens (including phenoxy) is 2. The first-order valence-corrected chi connectivity index (χ1v) is 9.42. The molecule has 0 spiro atoms. The van der Waals surface area contributed by atoms with Crippen LogP contribution in [0.3, 0.4) is 0 Å². The van der Waals surface area contributed by atoms with Crippen LogP contribution >= 0.6 is 0 Å². The summed E-state index contributed by atoms with van der Waals surface area (Å²) in [6, 6.07) is 10.2. The van der Waals surface area contributed by atoms with Crippen LogP contribution in [0.1, 0.15) is 23.2 Å². The Morgan fingerprint density at radius 3 is 2.55 bits per heavy atom. The summed E-state index contributed by atoms with van der Waals surface area (Å²) in [4.78, 5) is 9.26. The third-order valence-corrected chi connectivity index (χ3v) is 5.06. The van der Waals surface area contributed by atoms with Gasteiger partial charge in [0.25, 0.3) is 0 Å². The van der Waals surface area contributed by atoms with Gasteiger partial charge in [-0.1, -0.05) is 18.7 Å². The molecule has 0 aliphatic carbocycles. The molecule has 0 amide bonds. The van der Waals surface area contributed by atoms with Gasteiger partial charge in [0.05, 0.1) is 25.6 Å². The van der Waals surface area contributed by atoms with Gasteiger partial charge in [-0.05, 0) is 54.3 Å². The first-order chi connectivity index (χ1) is 14.1. The minimum absolute atomic E-state index is 0.272. The SMILES string of the molecule is C=Cc1nc(N=Cc2ccc(F)cc2)n2c1-c1cc(OC)c(OC)cc1CCC2. The van der Waals surface area contributed by atoms with Crippen LogP contribution in [0.4, 0.5) is 10.3 Å². The Bertz CT molecular complexity index is 1080. The molecule has 0 saturated carbocycles. The number of methoxy groups -OCH3 is 2. The van der Waals surface area contributed by atoms with Crippen molar-refractivity contribution >= 4 is 18.2 Å². The van der Waals surface area contributed by atoms with E-state index in [2.05, 4.69) is 21.1 Å². The van der Waals surface area contributed by atoms with Crippen molar-refractivity contribution in [2.75, 3.05) is 14.2 Å². The molecule has 3 aromatic rings. The predicted octanol–water partition coefficient (Wildman–Crippen LogP) is 5.05. The topological polar surface area (TPSA) is 48.6 Å². The van der Waals surface area contributed by atoms with Crippen molar-refractivity contribution in [3.05, 3.63) is 65.6 Å². The molecular weight excluding hydrogens is 369 g/mol. The van der Waals surface area contributed by atoms with Crippen molar-refractivity contribution in [2.45, 2.75) is 19.4 Å². The highest BCUT2D eigenvalue weighted by Crippen LogP contribution is 2.41. The molecule has 6 heteroatoms. The van der Waals surface area contributed by atoms with Crippen LogP contribution in [0.15, 0.2) is 48.0 Å². The zero-order chi connectivity index (χ0) is 20.4. The first kappa shape index (κ1) is 18.9. The molecule has 4 rings (SSSR count). The van der Waals surface area contributed by atoms with E-state index < -0.39 is 0 Å². The lowest BCUT2D eigenvalue weighted by molar-refractivity contribution is 0.354. The number of aliphatic imine (C=N–C) groups is 1. The number of benzene rings is 2. The maximum absolute atomic E-state index is 13.1. The Kier molecular flexibility index (Phi) is 5.16. The van der Waals surface area contributed by atoms with Crippen LogP contribution in [-0.4, -0.2) is 30.0 Å². The average Bonchev–Trinajstić information content (AvgIpc) is 2.99. The first-order valence-electron chi connectivity index (χ1n) is 9.42. The fraction of sp³-hybridized carbons (Fsp3) is 0.217. The minimum atomic E-state index is -0.272. The molecule has 2 heterocycles. The molecule has 0 atom stereocenters. The summed E-state index contributed by atoms with van der Waals surface area (Å²) in [5.74, 6) is 1.72. The number of aromatic nitrogens is 2. The number of fused-ring (bicyclic) bond motifs is 3. The van der Waals surface area contributed by atoms with Gasteiger partial charge in [-0.25, -0.2) is 14.4 Å². The van der Waals surface area contributed by atoms with Crippen LogP contribution in [-0.2, 0) is 13.0 Å². The number of imidazole rings is 1. The monoisotopic (exact) mass is 391 g/mol. The molecule has 1 aromatic heterocycles. The van der Waals surface area contributed by atoms with Gasteiger partial charge in [-0.15, -0.1) is 0 Å². The van der Waals surface area contributed by atoms with Gasteiger partial charge in [0.1, 0.15) is 5.82 Å². The van der Waals surface area contributed by atoms with Gasteiger partial charge in [-0.2, -0.15) is 0 Å². The average molecular weight is 391 g/mol. The van der Waals surface area contributed by atoms with Gasteiger partial charge in [0.15, 0.2) is 11.5 Å². The highest BCUT2D eigenvalue weighted by atomic mass is 19.1. The second kappa shape index (κ2) is 7.91. The van der Waals surface area contributed by atoms with Crippen LogP contribution < -0.4 is 9.47 Å².